The molecule has 3 aromatic carbocycles. The Labute approximate surface area is 153 Å². The van der Waals surface area contributed by atoms with E-state index >= 15 is 0 Å². The lowest BCUT2D eigenvalue weighted by molar-refractivity contribution is -0.123. The summed E-state index contributed by atoms with van der Waals surface area (Å²) in [5, 5.41) is 6.17. The Morgan fingerprint density at radius 1 is 1.04 bits per heavy atom. The van der Waals surface area contributed by atoms with Crippen molar-refractivity contribution >= 4 is 45.5 Å². The number of halogens is 1. The second kappa shape index (κ2) is 7.92. The van der Waals surface area contributed by atoms with Crippen molar-refractivity contribution < 1.29 is 9.53 Å². The summed E-state index contributed by atoms with van der Waals surface area (Å²) in [7, 11) is 0. The molecule has 24 heavy (non-hydrogen) atoms. The van der Waals surface area contributed by atoms with Crippen LogP contribution < -0.4 is 10.2 Å². The number of ether oxygens (including phenoxy) is 1. The molecule has 0 aromatic heterocycles. The quantitative estimate of drug-likeness (QED) is 0.379. The van der Waals surface area contributed by atoms with Gasteiger partial charge in [0.15, 0.2) is 6.61 Å². The lowest BCUT2D eigenvalue weighted by Crippen LogP contribution is -2.24. The topological polar surface area (TPSA) is 50.7 Å². The highest BCUT2D eigenvalue weighted by atomic mass is 127. The molecule has 3 aromatic rings. The number of nitrogens with one attached hydrogen (secondary N) is 1. The fourth-order valence-corrected chi connectivity index (χ4v) is 2.72. The molecule has 0 unspecified atom stereocenters. The van der Waals surface area contributed by atoms with Crippen molar-refractivity contribution in [2.45, 2.75) is 0 Å². The highest BCUT2D eigenvalue weighted by Gasteiger charge is 2.02. The van der Waals surface area contributed by atoms with Crippen LogP contribution in [0.25, 0.3) is 10.8 Å². The number of amides is 1. The molecule has 0 saturated carbocycles. The van der Waals surface area contributed by atoms with Gasteiger partial charge in [0.1, 0.15) is 5.75 Å². The van der Waals surface area contributed by atoms with E-state index in [-0.39, 0.29) is 12.5 Å². The van der Waals surface area contributed by atoms with E-state index in [0.29, 0.717) is 5.75 Å². The second-order valence-electron chi connectivity index (χ2n) is 5.11. The fraction of sp³-hybridized carbons (Fsp3) is 0.0526. The molecule has 0 saturated heterocycles. The molecular weight excluding hydrogens is 415 g/mol. The Balaban J connectivity index is 1.54. The second-order valence-corrected chi connectivity index (χ2v) is 6.27. The molecule has 0 aliphatic carbocycles. The first-order valence-corrected chi connectivity index (χ1v) is 8.48. The summed E-state index contributed by atoms with van der Waals surface area (Å²) in [5.74, 6) is 0.357. The lowest BCUT2D eigenvalue weighted by Gasteiger charge is -2.06. The molecule has 0 atom stereocenters. The molecule has 4 nitrogen and oxygen atoms in total. The summed E-state index contributed by atoms with van der Waals surface area (Å²) in [4.78, 5) is 11.8. The van der Waals surface area contributed by atoms with Gasteiger partial charge in [-0.05, 0) is 51.6 Å². The summed E-state index contributed by atoms with van der Waals surface area (Å²) in [6.07, 6.45) is 1.62. The van der Waals surface area contributed by atoms with Crippen molar-refractivity contribution in [1.29, 1.82) is 0 Å². The molecule has 0 aliphatic rings. The van der Waals surface area contributed by atoms with E-state index in [4.69, 9.17) is 4.74 Å². The van der Waals surface area contributed by atoms with Gasteiger partial charge in [0.25, 0.3) is 5.91 Å². The summed E-state index contributed by atoms with van der Waals surface area (Å²) in [5.41, 5.74) is 3.42. The van der Waals surface area contributed by atoms with Crippen molar-refractivity contribution in [3.05, 3.63) is 75.9 Å². The van der Waals surface area contributed by atoms with Crippen LogP contribution in [0.2, 0.25) is 0 Å². The van der Waals surface area contributed by atoms with Crippen LogP contribution in [0.4, 0.5) is 0 Å². The van der Waals surface area contributed by atoms with E-state index in [1.165, 1.54) is 0 Å². The van der Waals surface area contributed by atoms with E-state index < -0.39 is 0 Å². The zero-order chi connectivity index (χ0) is 16.8. The summed E-state index contributed by atoms with van der Waals surface area (Å²) >= 11 is 2.22. The van der Waals surface area contributed by atoms with Crippen molar-refractivity contribution in [3.8, 4) is 5.75 Å². The number of fused-ring (bicyclic) bond motifs is 1. The van der Waals surface area contributed by atoms with Crippen molar-refractivity contribution in [1.82, 2.24) is 5.43 Å². The zero-order valence-corrected chi connectivity index (χ0v) is 14.9. The van der Waals surface area contributed by atoms with Crippen LogP contribution in [-0.2, 0) is 4.79 Å². The molecule has 0 bridgehead atoms. The van der Waals surface area contributed by atoms with Gasteiger partial charge >= 0.3 is 0 Å². The number of benzene rings is 3. The molecule has 3 rings (SSSR count). The van der Waals surface area contributed by atoms with Crippen LogP contribution in [0, 0.1) is 3.57 Å². The Bertz CT molecular complexity index is 893. The van der Waals surface area contributed by atoms with E-state index in [9.17, 15) is 4.79 Å². The highest BCUT2D eigenvalue weighted by molar-refractivity contribution is 14.1. The molecule has 0 heterocycles. The molecular formula is C19H15IN2O2. The van der Waals surface area contributed by atoms with Gasteiger partial charge < -0.3 is 4.74 Å². The Morgan fingerprint density at radius 3 is 2.62 bits per heavy atom. The number of hydrogen-bond acceptors (Lipinski definition) is 3. The highest BCUT2D eigenvalue weighted by Crippen LogP contribution is 2.20. The fourth-order valence-electron chi connectivity index (χ4n) is 2.19. The molecule has 120 valence electrons. The average Bonchev–Trinajstić information content (AvgIpc) is 2.61. The zero-order valence-electron chi connectivity index (χ0n) is 12.8. The van der Waals surface area contributed by atoms with Gasteiger partial charge in [0, 0.05) is 9.13 Å². The van der Waals surface area contributed by atoms with Gasteiger partial charge in [-0.15, -0.1) is 0 Å². The van der Waals surface area contributed by atoms with Crippen LogP contribution in [0.5, 0.6) is 5.75 Å². The standard InChI is InChI=1S/C19H15IN2O2/c20-18-8-4-3-7-16(18)12-21-22-19(23)13-24-17-10-9-14-5-1-2-6-15(14)11-17/h1-12H,13H2,(H,22,23)/b21-12+. The third-order valence-corrected chi connectivity index (χ3v) is 4.37. The van der Waals surface area contributed by atoms with Gasteiger partial charge in [-0.3, -0.25) is 4.79 Å². The first-order chi connectivity index (χ1) is 11.7. The van der Waals surface area contributed by atoms with Crippen molar-refractivity contribution in [2.24, 2.45) is 5.10 Å². The molecule has 5 heteroatoms. The maximum absolute atomic E-state index is 11.8. The molecule has 0 fully saturated rings. The Hall–Kier alpha value is -2.41. The largest absolute Gasteiger partial charge is 0.484 e. The SMILES string of the molecule is O=C(COc1ccc2ccccc2c1)N/N=C/c1ccccc1I. The van der Waals surface area contributed by atoms with E-state index in [0.717, 1.165) is 19.9 Å². The van der Waals surface area contributed by atoms with Crippen LogP contribution in [0.3, 0.4) is 0 Å². The number of nitrogens with zero attached hydrogens (tertiary/aromatic N) is 1. The normalized spacial score (nSPS) is 10.9. The lowest BCUT2D eigenvalue weighted by atomic mass is 10.1. The molecule has 0 radical (unpaired) electrons. The average molecular weight is 430 g/mol. The number of carbonyl (C=O) groups excluding carboxylic acids is 1. The third kappa shape index (κ3) is 4.32. The molecule has 0 aliphatic heterocycles. The first kappa shape index (κ1) is 16.4. The van der Waals surface area contributed by atoms with Crippen LogP contribution in [0.15, 0.2) is 71.8 Å². The summed E-state index contributed by atoms with van der Waals surface area (Å²) in [6, 6.07) is 21.5. The molecule has 1 amide bonds. The molecule has 1 N–H and O–H groups in total. The Morgan fingerprint density at radius 2 is 1.79 bits per heavy atom. The van der Waals surface area contributed by atoms with Crippen molar-refractivity contribution in [3.63, 3.8) is 0 Å². The maximum atomic E-state index is 11.8. The smallest absolute Gasteiger partial charge is 0.277 e. The minimum atomic E-state index is -0.301. The van der Waals surface area contributed by atoms with Gasteiger partial charge in [-0.1, -0.05) is 48.5 Å². The van der Waals surface area contributed by atoms with E-state index in [1.807, 2.05) is 66.7 Å². The minimum Gasteiger partial charge on any atom is -0.484 e. The summed E-state index contributed by atoms with van der Waals surface area (Å²) in [6.45, 7) is -0.0818. The van der Waals surface area contributed by atoms with Gasteiger partial charge in [-0.25, -0.2) is 5.43 Å². The minimum absolute atomic E-state index is 0.0818. The number of hydrazone groups is 1. The monoisotopic (exact) mass is 430 g/mol. The van der Waals surface area contributed by atoms with Crippen LogP contribution >= 0.6 is 22.6 Å². The predicted octanol–water partition coefficient (Wildman–Crippen LogP) is 3.97. The number of carbonyl (C=O) groups is 1. The third-order valence-electron chi connectivity index (χ3n) is 3.39. The van der Waals surface area contributed by atoms with Gasteiger partial charge in [0.05, 0.1) is 6.21 Å². The van der Waals surface area contributed by atoms with Crippen LogP contribution in [0.1, 0.15) is 5.56 Å². The number of rotatable bonds is 5. The van der Waals surface area contributed by atoms with Gasteiger partial charge in [-0.2, -0.15) is 5.10 Å². The van der Waals surface area contributed by atoms with Crippen LogP contribution in [-0.4, -0.2) is 18.7 Å². The summed E-state index contributed by atoms with van der Waals surface area (Å²) < 4.78 is 6.58. The maximum Gasteiger partial charge on any atom is 0.277 e. The Kier molecular flexibility index (Phi) is 5.43. The predicted molar refractivity (Wildman–Crippen MR) is 104 cm³/mol. The van der Waals surface area contributed by atoms with E-state index in [2.05, 4.69) is 33.1 Å². The number of hydrogen-bond donors (Lipinski definition) is 1. The molecule has 0 spiro atoms. The van der Waals surface area contributed by atoms with Gasteiger partial charge in [0.2, 0.25) is 0 Å². The van der Waals surface area contributed by atoms with E-state index in [1.54, 1.807) is 6.21 Å². The van der Waals surface area contributed by atoms with Crippen molar-refractivity contribution in [2.75, 3.05) is 6.61 Å². The first-order valence-electron chi connectivity index (χ1n) is 7.40.